The van der Waals surface area contributed by atoms with Crippen LogP contribution in [0.3, 0.4) is 0 Å². The van der Waals surface area contributed by atoms with Crippen LogP contribution < -0.4 is 14.3 Å². The van der Waals surface area contributed by atoms with E-state index >= 15 is 0 Å². The van der Waals surface area contributed by atoms with Crippen LogP contribution in [0.5, 0.6) is 0 Å². The predicted molar refractivity (Wildman–Crippen MR) is 247 cm³/mol. The van der Waals surface area contributed by atoms with E-state index < -0.39 is 8.07 Å². The lowest BCUT2D eigenvalue weighted by Gasteiger charge is -2.31. The molecule has 0 N–H and O–H groups in total. The minimum absolute atomic E-state index is 0.0726. The van der Waals surface area contributed by atoms with E-state index in [2.05, 4.69) is 136 Å². The number of furan rings is 1. The first kappa shape index (κ1) is 38.8. The molecule has 2 aromatic carbocycles. The molecule has 0 bridgehead atoms. The summed E-state index contributed by atoms with van der Waals surface area (Å²) in [5.74, 6) is 1.95. The molecular formula is C54H65N3OSi+2. The van der Waals surface area contributed by atoms with E-state index in [1.54, 1.807) is 10.8 Å². The second kappa shape index (κ2) is 14.7. The SMILES string of the molecule is C=C1C2C(CCc3ccc4c(oc5nc(C(C)C(C)(C)C)ccc54)c3-c3cc(C4CCCCC4)cc[n+]31)c1ccccc1-c1cc(CC3CCCC3)c([Si](C)(C)C)c[n+]12. The second-order valence-electron chi connectivity index (χ2n) is 21.1. The van der Waals surface area contributed by atoms with Crippen LogP contribution in [0.4, 0.5) is 0 Å². The summed E-state index contributed by atoms with van der Waals surface area (Å²) >= 11 is 0. The molecule has 4 aromatic heterocycles. The maximum Gasteiger partial charge on any atom is 0.249 e. The highest BCUT2D eigenvalue weighted by Crippen LogP contribution is 2.48. The van der Waals surface area contributed by atoms with Crippen molar-refractivity contribution in [2.24, 2.45) is 11.3 Å². The van der Waals surface area contributed by atoms with Crippen LogP contribution >= 0.6 is 0 Å². The number of hydrogen-bond acceptors (Lipinski definition) is 2. The van der Waals surface area contributed by atoms with E-state index in [-0.39, 0.29) is 17.4 Å². The van der Waals surface area contributed by atoms with Gasteiger partial charge in [-0.3, -0.25) is 0 Å². The summed E-state index contributed by atoms with van der Waals surface area (Å²) < 4.78 is 12.2. The monoisotopic (exact) mass is 799 g/mol. The number of fused-ring (bicyclic) bond motifs is 13. The van der Waals surface area contributed by atoms with Crippen LogP contribution in [0.25, 0.3) is 50.3 Å². The van der Waals surface area contributed by atoms with Crippen molar-refractivity contribution in [1.82, 2.24) is 4.98 Å². The average Bonchev–Trinajstić information content (AvgIpc) is 3.89. The van der Waals surface area contributed by atoms with Crippen molar-refractivity contribution in [3.8, 4) is 22.5 Å². The Morgan fingerprint density at radius 1 is 0.847 bits per heavy atom. The van der Waals surface area contributed by atoms with Crippen LogP contribution in [0.15, 0.2) is 90.1 Å². The van der Waals surface area contributed by atoms with E-state index in [0.29, 0.717) is 11.8 Å². The van der Waals surface area contributed by atoms with E-state index in [1.807, 2.05) is 0 Å². The topological polar surface area (TPSA) is 33.8 Å². The third kappa shape index (κ3) is 6.75. The van der Waals surface area contributed by atoms with Gasteiger partial charge in [-0.1, -0.05) is 123 Å². The molecule has 2 fully saturated rings. The lowest BCUT2D eigenvalue weighted by Crippen LogP contribution is -2.57. The smallest absolute Gasteiger partial charge is 0.249 e. The molecule has 304 valence electrons. The van der Waals surface area contributed by atoms with Gasteiger partial charge >= 0.3 is 0 Å². The molecule has 2 aliphatic heterocycles. The maximum absolute atomic E-state index is 7.07. The largest absolute Gasteiger partial charge is 0.437 e. The standard InChI is InChI=1S/C54H65N3OSi/c1-34(54(3,4)5)46-27-26-45-44-25-23-38-22-24-43-41-20-14-15-21-42(41)47-32-40(30-36-16-12-13-17-36)49(59(6,7)8)33-57(47)51(43)35(2)56-29-28-39(37-18-10-9-11-19-37)31-48(56)50(38)52(44)58-53(45)55-46/h14-15,20-21,23,25-29,31-34,36-37,43,51H,2,9-13,16-19,22,24,30H2,1,3-8H3/q+2. The molecular weight excluding hydrogens is 735 g/mol. The van der Waals surface area contributed by atoms with Gasteiger partial charge in [-0.15, -0.1) is 0 Å². The lowest BCUT2D eigenvalue weighted by molar-refractivity contribution is -0.726. The van der Waals surface area contributed by atoms with Crippen LogP contribution in [-0.2, 0) is 12.8 Å². The van der Waals surface area contributed by atoms with Crippen LogP contribution in [0, 0.1) is 11.3 Å². The zero-order chi connectivity index (χ0) is 40.8. The Kier molecular flexibility index (Phi) is 9.66. The molecule has 3 unspecified atom stereocenters. The Labute approximate surface area is 353 Å². The summed E-state index contributed by atoms with van der Waals surface area (Å²) in [5, 5.41) is 3.87. The molecule has 6 heterocycles. The highest BCUT2D eigenvalue weighted by Gasteiger charge is 2.48. The fourth-order valence-corrected chi connectivity index (χ4v) is 13.3. The first-order chi connectivity index (χ1) is 28.3. The van der Waals surface area contributed by atoms with E-state index in [9.17, 15) is 0 Å². The second-order valence-corrected chi connectivity index (χ2v) is 26.1. The minimum atomic E-state index is -1.71. The predicted octanol–water partition coefficient (Wildman–Crippen LogP) is 13.1. The van der Waals surface area contributed by atoms with Gasteiger partial charge in [0, 0.05) is 51.3 Å². The molecule has 0 saturated heterocycles. The van der Waals surface area contributed by atoms with Gasteiger partial charge in [0.25, 0.3) is 0 Å². The molecule has 5 heteroatoms. The summed E-state index contributed by atoms with van der Waals surface area (Å²) in [4.78, 5) is 5.24. The van der Waals surface area contributed by atoms with Crippen LogP contribution in [0.1, 0.15) is 144 Å². The van der Waals surface area contributed by atoms with Crippen LogP contribution in [0.2, 0.25) is 19.6 Å². The molecule has 10 rings (SSSR count). The third-order valence-electron chi connectivity index (χ3n) is 15.4. The highest BCUT2D eigenvalue weighted by atomic mass is 28.3. The number of aryl methyl sites for hydroxylation is 1. The number of allylic oxidation sites excluding steroid dienone is 1. The van der Waals surface area contributed by atoms with Crippen LogP contribution in [-0.4, -0.2) is 13.1 Å². The number of aromatic nitrogens is 3. The van der Waals surface area contributed by atoms with Gasteiger partial charge in [-0.05, 0) is 96.4 Å². The summed E-state index contributed by atoms with van der Waals surface area (Å²) in [6.07, 6.45) is 20.2. The van der Waals surface area contributed by atoms with Crippen molar-refractivity contribution in [1.29, 1.82) is 0 Å². The fraction of sp³-hybridized carbons (Fsp3) is 0.463. The fourth-order valence-electron chi connectivity index (χ4n) is 11.6. The molecule has 59 heavy (non-hydrogen) atoms. The first-order valence-corrected chi connectivity index (χ1v) is 26.6. The zero-order valence-corrected chi connectivity index (χ0v) is 37.8. The van der Waals surface area contributed by atoms with Gasteiger partial charge in [-0.25, -0.2) is 4.98 Å². The van der Waals surface area contributed by atoms with Crippen molar-refractivity contribution in [3.63, 3.8) is 0 Å². The Bertz CT molecular complexity index is 2610. The zero-order valence-electron chi connectivity index (χ0n) is 36.8. The minimum Gasteiger partial charge on any atom is -0.437 e. The molecule has 3 atom stereocenters. The number of pyridine rings is 3. The molecule has 2 saturated carbocycles. The molecule has 4 aliphatic rings. The van der Waals surface area contributed by atoms with Gasteiger partial charge in [0.2, 0.25) is 28.8 Å². The lowest BCUT2D eigenvalue weighted by atomic mass is 9.78. The Morgan fingerprint density at radius 2 is 1.59 bits per heavy atom. The number of rotatable bonds is 5. The Morgan fingerprint density at radius 3 is 2.36 bits per heavy atom. The Balaban J connectivity index is 1.20. The quantitative estimate of drug-likeness (QED) is 0.129. The number of benzene rings is 2. The Hall–Kier alpha value is -4.35. The van der Waals surface area contributed by atoms with Gasteiger partial charge in [0.1, 0.15) is 0 Å². The number of hydrogen-bond donors (Lipinski definition) is 0. The van der Waals surface area contributed by atoms with Gasteiger partial charge in [0.15, 0.2) is 18.0 Å². The molecule has 4 nitrogen and oxygen atoms in total. The van der Waals surface area contributed by atoms with E-state index in [1.165, 1.54) is 103 Å². The average molecular weight is 800 g/mol. The summed E-state index contributed by atoms with van der Waals surface area (Å²) in [5.41, 5.74) is 15.1. The normalized spacial score (nSPS) is 20.6. The molecule has 6 aromatic rings. The van der Waals surface area contributed by atoms with Crippen molar-refractivity contribution in [2.45, 2.75) is 148 Å². The molecule has 0 radical (unpaired) electrons. The molecule has 0 amide bonds. The van der Waals surface area contributed by atoms with E-state index in [4.69, 9.17) is 16.0 Å². The van der Waals surface area contributed by atoms with Crippen molar-refractivity contribution in [3.05, 3.63) is 114 Å². The van der Waals surface area contributed by atoms with Gasteiger partial charge < -0.3 is 4.42 Å². The number of nitrogens with zero attached hydrogens (tertiary/aromatic N) is 3. The summed E-state index contributed by atoms with van der Waals surface area (Å²) in [6.45, 7) is 22.0. The van der Waals surface area contributed by atoms with Crippen molar-refractivity contribution < 1.29 is 13.6 Å². The summed E-state index contributed by atoms with van der Waals surface area (Å²) in [7, 11) is -1.71. The first-order valence-electron chi connectivity index (χ1n) is 23.1. The highest BCUT2D eigenvalue weighted by molar-refractivity contribution is 6.89. The van der Waals surface area contributed by atoms with Gasteiger partial charge in [0.05, 0.1) is 19.6 Å². The maximum atomic E-state index is 7.07. The van der Waals surface area contributed by atoms with E-state index in [0.717, 1.165) is 52.2 Å². The molecule has 2 aliphatic carbocycles. The third-order valence-corrected chi connectivity index (χ3v) is 17.4. The van der Waals surface area contributed by atoms with Crippen molar-refractivity contribution in [2.75, 3.05) is 0 Å². The van der Waals surface area contributed by atoms with Crippen molar-refractivity contribution >= 4 is 41.0 Å². The molecule has 0 spiro atoms. The summed E-state index contributed by atoms with van der Waals surface area (Å²) in [6, 6.07) is 26.2. The van der Waals surface area contributed by atoms with Gasteiger partial charge in [-0.2, -0.15) is 9.13 Å².